The number of hydrogen-bond donors (Lipinski definition) is 1. The maximum atomic E-state index is 13.1. The van der Waals surface area contributed by atoms with Gasteiger partial charge in [-0.2, -0.15) is 0 Å². The Hall–Kier alpha value is -3.88. The van der Waals surface area contributed by atoms with Crippen LogP contribution in [0.3, 0.4) is 0 Å². The fraction of sp³-hybridized carbons (Fsp3) is 0.346. The third kappa shape index (κ3) is 5.13. The van der Waals surface area contributed by atoms with Gasteiger partial charge < -0.3 is 24.2 Å². The second-order valence-electron chi connectivity index (χ2n) is 8.98. The van der Waals surface area contributed by atoms with E-state index in [9.17, 15) is 14.0 Å². The van der Waals surface area contributed by atoms with Gasteiger partial charge in [-0.15, -0.1) is 0 Å². The largest absolute Gasteiger partial charge is 0.490 e. The maximum Gasteiger partial charge on any atom is 0.410 e. The predicted molar refractivity (Wildman–Crippen MR) is 124 cm³/mol. The molecule has 182 valence electrons. The van der Waals surface area contributed by atoms with Crippen LogP contribution in [0.5, 0.6) is 5.75 Å². The molecule has 2 amide bonds. The fourth-order valence-electron chi connectivity index (χ4n) is 4.89. The number of nitrogens with one attached hydrogen (secondary N) is 1. The topological polar surface area (TPSA) is 93.9 Å². The average molecular weight is 480 g/mol. The monoisotopic (exact) mass is 479 g/mol. The van der Waals surface area contributed by atoms with Crippen molar-refractivity contribution in [2.45, 2.75) is 25.6 Å². The summed E-state index contributed by atoms with van der Waals surface area (Å²) in [5, 5.41) is 6.11. The number of fused-ring (bicyclic) bond motifs is 1. The van der Waals surface area contributed by atoms with Gasteiger partial charge >= 0.3 is 6.09 Å². The molecule has 1 unspecified atom stereocenters. The van der Waals surface area contributed by atoms with Gasteiger partial charge in [-0.3, -0.25) is 4.79 Å². The Balaban J connectivity index is 1.08. The van der Waals surface area contributed by atoms with E-state index in [0.29, 0.717) is 30.7 Å². The summed E-state index contributed by atoms with van der Waals surface area (Å²) < 4.78 is 29.7. The molecule has 5 rings (SSSR count). The van der Waals surface area contributed by atoms with Crippen LogP contribution in [0, 0.1) is 17.7 Å². The average Bonchev–Trinajstić information content (AvgIpc) is 3.58. The lowest BCUT2D eigenvalue weighted by Gasteiger charge is -2.19. The van der Waals surface area contributed by atoms with Gasteiger partial charge in [-0.25, -0.2) is 9.18 Å². The van der Waals surface area contributed by atoms with Gasteiger partial charge in [0.2, 0.25) is 0 Å². The smallest absolute Gasteiger partial charge is 0.410 e. The van der Waals surface area contributed by atoms with Crippen molar-refractivity contribution in [1.29, 1.82) is 0 Å². The van der Waals surface area contributed by atoms with Crippen molar-refractivity contribution in [2.75, 3.05) is 20.1 Å². The molecule has 2 heterocycles. The first kappa shape index (κ1) is 22.9. The zero-order valence-corrected chi connectivity index (χ0v) is 19.3. The lowest BCUT2D eigenvalue weighted by molar-refractivity contribution is 0.0896. The van der Waals surface area contributed by atoms with Crippen LogP contribution in [-0.4, -0.2) is 48.3 Å². The van der Waals surface area contributed by atoms with Gasteiger partial charge in [0.25, 0.3) is 5.91 Å². The Bertz CT molecular complexity index is 1180. The maximum absolute atomic E-state index is 13.1. The molecule has 0 spiro atoms. The number of ether oxygens (including phenoxy) is 2. The summed E-state index contributed by atoms with van der Waals surface area (Å²) >= 11 is 0. The third-order valence-electron chi connectivity index (χ3n) is 6.66. The normalized spacial score (nSPS) is 21.0. The quantitative estimate of drug-likeness (QED) is 0.568. The number of carbonyl (C=O) groups excluding carboxylic acids is 2. The lowest BCUT2D eigenvalue weighted by atomic mass is 10.0. The third-order valence-corrected chi connectivity index (χ3v) is 6.66. The fourth-order valence-corrected chi connectivity index (χ4v) is 4.89. The number of likely N-dealkylation sites (tertiary alicyclic amines) is 1. The second kappa shape index (κ2) is 9.77. The molecule has 35 heavy (non-hydrogen) atoms. The van der Waals surface area contributed by atoms with Crippen molar-refractivity contribution in [3.8, 4) is 16.9 Å². The van der Waals surface area contributed by atoms with E-state index in [-0.39, 0.29) is 30.1 Å². The number of carbonyl (C=O) groups is 2. The summed E-state index contributed by atoms with van der Waals surface area (Å²) in [5.41, 5.74) is 2.10. The van der Waals surface area contributed by atoms with Crippen LogP contribution in [0.15, 0.2) is 59.1 Å². The van der Waals surface area contributed by atoms with Gasteiger partial charge in [0.05, 0.1) is 6.10 Å². The van der Waals surface area contributed by atoms with E-state index < -0.39 is 6.09 Å². The molecule has 2 aromatic carbocycles. The molecule has 3 atom stereocenters. The molecule has 2 fully saturated rings. The number of hydrogen-bond acceptors (Lipinski definition) is 6. The lowest BCUT2D eigenvalue weighted by Crippen LogP contribution is -2.31. The van der Waals surface area contributed by atoms with Crippen LogP contribution in [0.2, 0.25) is 0 Å². The number of rotatable bonds is 6. The predicted octanol–water partition coefficient (Wildman–Crippen LogP) is 4.27. The van der Waals surface area contributed by atoms with Crippen molar-refractivity contribution in [2.24, 2.45) is 11.8 Å². The van der Waals surface area contributed by atoms with E-state index in [1.807, 2.05) is 24.3 Å². The van der Waals surface area contributed by atoms with Gasteiger partial charge in [-0.05, 0) is 60.1 Å². The molecule has 1 aliphatic carbocycles. The molecular weight excluding hydrogens is 453 g/mol. The van der Waals surface area contributed by atoms with Crippen LogP contribution in [0.1, 0.15) is 29.1 Å². The SMILES string of the molecule is CNC(=O)c1cc(COC(=O)N2C[C@H]3CC(Oc4ccc(-c5ccc(F)cc5)cc4)C[C@H]3C2)on1. The zero-order valence-electron chi connectivity index (χ0n) is 19.3. The van der Waals surface area contributed by atoms with Crippen LogP contribution >= 0.6 is 0 Å². The minimum atomic E-state index is -0.397. The Morgan fingerprint density at radius 2 is 1.69 bits per heavy atom. The van der Waals surface area contributed by atoms with E-state index in [1.54, 1.807) is 17.0 Å². The Morgan fingerprint density at radius 1 is 1.06 bits per heavy atom. The van der Waals surface area contributed by atoms with Crippen LogP contribution < -0.4 is 10.1 Å². The van der Waals surface area contributed by atoms with Crippen LogP contribution in [0.4, 0.5) is 9.18 Å². The molecule has 1 N–H and O–H groups in total. The summed E-state index contributed by atoms with van der Waals surface area (Å²) in [6.45, 7) is 1.19. The Kier molecular flexibility index (Phi) is 6.39. The van der Waals surface area contributed by atoms with E-state index in [2.05, 4.69) is 10.5 Å². The summed E-state index contributed by atoms with van der Waals surface area (Å²) in [4.78, 5) is 25.8. The first-order valence-corrected chi connectivity index (χ1v) is 11.6. The van der Waals surface area contributed by atoms with E-state index >= 15 is 0 Å². The van der Waals surface area contributed by atoms with Gasteiger partial charge in [0.15, 0.2) is 18.1 Å². The summed E-state index contributed by atoms with van der Waals surface area (Å²) in [7, 11) is 1.50. The number of benzene rings is 2. The zero-order chi connectivity index (χ0) is 24.4. The van der Waals surface area contributed by atoms with Crippen LogP contribution in [0.25, 0.3) is 11.1 Å². The van der Waals surface area contributed by atoms with Crippen molar-refractivity contribution in [1.82, 2.24) is 15.4 Å². The van der Waals surface area contributed by atoms with Crippen molar-refractivity contribution in [3.63, 3.8) is 0 Å². The summed E-state index contributed by atoms with van der Waals surface area (Å²) in [5.74, 6) is 1.25. The van der Waals surface area contributed by atoms with Crippen LogP contribution in [-0.2, 0) is 11.3 Å². The van der Waals surface area contributed by atoms with Gasteiger partial charge in [0.1, 0.15) is 11.6 Å². The molecule has 8 nitrogen and oxygen atoms in total. The first-order chi connectivity index (χ1) is 17.0. The van der Waals surface area contributed by atoms with E-state index in [1.165, 1.54) is 25.2 Å². The molecule has 2 aliphatic rings. The highest BCUT2D eigenvalue weighted by Gasteiger charge is 2.43. The minimum absolute atomic E-state index is 0.0751. The molecule has 9 heteroatoms. The van der Waals surface area contributed by atoms with E-state index in [4.69, 9.17) is 14.0 Å². The number of aromatic nitrogens is 1. The summed E-state index contributed by atoms with van der Waals surface area (Å²) in [6, 6.07) is 15.7. The number of halogens is 1. The molecule has 1 saturated carbocycles. The number of nitrogens with zero attached hydrogens (tertiary/aromatic N) is 2. The first-order valence-electron chi connectivity index (χ1n) is 11.6. The standard InChI is InChI=1S/C26H26FN3O5/c1-28-25(31)24-12-23(35-29-24)15-33-26(32)30-13-18-10-22(11-19(18)14-30)34-21-8-4-17(5-9-21)16-2-6-20(27)7-3-16/h2-9,12,18-19,22H,10-11,13-15H2,1H3,(H,28,31)/t18-,19+,22?. The minimum Gasteiger partial charge on any atom is -0.490 e. The highest BCUT2D eigenvalue weighted by atomic mass is 19.1. The van der Waals surface area contributed by atoms with Gasteiger partial charge in [0, 0.05) is 26.2 Å². The molecular formula is C26H26FN3O5. The second-order valence-corrected chi connectivity index (χ2v) is 8.98. The molecule has 3 aromatic rings. The number of amides is 2. The van der Waals surface area contributed by atoms with E-state index in [0.717, 1.165) is 29.7 Å². The van der Waals surface area contributed by atoms with Crippen molar-refractivity contribution < 1.29 is 28.0 Å². The molecule has 1 aromatic heterocycles. The molecule has 1 aliphatic heterocycles. The Labute approximate surface area is 202 Å². The molecule has 0 bridgehead atoms. The highest BCUT2D eigenvalue weighted by Crippen LogP contribution is 2.40. The van der Waals surface area contributed by atoms with Crippen molar-refractivity contribution in [3.05, 3.63) is 71.9 Å². The van der Waals surface area contributed by atoms with Gasteiger partial charge in [-0.1, -0.05) is 29.4 Å². The molecule has 0 radical (unpaired) electrons. The highest BCUT2D eigenvalue weighted by molar-refractivity contribution is 5.91. The van der Waals surface area contributed by atoms with Crippen molar-refractivity contribution >= 4 is 12.0 Å². The Morgan fingerprint density at radius 3 is 2.31 bits per heavy atom. The summed E-state index contributed by atoms with van der Waals surface area (Å²) in [6.07, 6.45) is 1.47. The molecule has 1 saturated heterocycles.